The quantitative estimate of drug-likeness (QED) is 0.0992. The van der Waals surface area contributed by atoms with Crippen LogP contribution < -0.4 is 15.5 Å². The van der Waals surface area contributed by atoms with E-state index >= 15 is 0 Å². The Hall–Kier alpha value is -6.18. The lowest BCUT2D eigenvalue weighted by atomic mass is 10.0. The van der Waals surface area contributed by atoms with Crippen molar-refractivity contribution in [1.82, 2.24) is 5.32 Å². The van der Waals surface area contributed by atoms with Crippen LogP contribution in [0, 0.1) is 0 Å². The van der Waals surface area contributed by atoms with Gasteiger partial charge in [-0.15, -0.1) is 11.8 Å². The van der Waals surface area contributed by atoms with Gasteiger partial charge in [-0.05, 0) is 89.9 Å². The van der Waals surface area contributed by atoms with Crippen LogP contribution in [0.4, 0.5) is 17.1 Å². The summed E-state index contributed by atoms with van der Waals surface area (Å²) in [7, 11) is 0. The van der Waals surface area contributed by atoms with E-state index in [0.29, 0.717) is 17.7 Å². The molecule has 3 amide bonds. The highest BCUT2D eigenvalue weighted by Gasteiger charge is 2.26. The fourth-order valence-corrected chi connectivity index (χ4v) is 6.50. The highest BCUT2D eigenvalue weighted by molar-refractivity contribution is 8.00. The summed E-state index contributed by atoms with van der Waals surface area (Å²) in [6.07, 6.45) is 2.29. The average molecular weight is 688 g/mol. The highest BCUT2D eigenvalue weighted by atomic mass is 32.2. The Balaban J connectivity index is 1.18. The van der Waals surface area contributed by atoms with Gasteiger partial charge in [-0.2, -0.15) is 0 Å². The first kappa shape index (κ1) is 34.7. The summed E-state index contributed by atoms with van der Waals surface area (Å²) in [6.45, 7) is 2.01. The van der Waals surface area contributed by atoms with Gasteiger partial charge < -0.3 is 10.6 Å². The monoisotopic (exact) mass is 687 g/mol. The van der Waals surface area contributed by atoms with Crippen molar-refractivity contribution in [3.8, 4) is 11.1 Å². The first-order valence-corrected chi connectivity index (χ1v) is 17.6. The molecule has 0 saturated carbocycles. The van der Waals surface area contributed by atoms with E-state index in [2.05, 4.69) is 10.6 Å². The molecule has 1 atom stereocenters. The third-order valence-electron chi connectivity index (χ3n) is 8.14. The summed E-state index contributed by atoms with van der Waals surface area (Å²) < 4.78 is 0. The van der Waals surface area contributed by atoms with Gasteiger partial charge in [-0.25, -0.2) is 0 Å². The highest BCUT2D eigenvalue weighted by Crippen LogP contribution is 2.33. The zero-order chi connectivity index (χ0) is 35.4. The van der Waals surface area contributed by atoms with E-state index in [4.69, 9.17) is 0 Å². The van der Waals surface area contributed by atoms with Gasteiger partial charge in [0.2, 0.25) is 5.91 Å². The smallest absolute Gasteiger partial charge is 0.272 e. The maximum absolute atomic E-state index is 14.0. The van der Waals surface area contributed by atoms with Gasteiger partial charge in [0.15, 0.2) is 0 Å². The standard InChI is InChI=1S/C44H37N3O3S/c1-2-41(44(50)47(37-19-11-5-12-20-37)38-21-13-6-14-22-38)51-39-29-27-36(28-30-39)45-43(49)40(46-42(48)35-17-9-4-10-18-35)31-32-23-25-34(26-24-32)33-15-7-3-8-16-33/h3-31,41H,2H2,1H3,(H,45,49)(H,46,48)/b40-31-. The number of rotatable bonds is 12. The topological polar surface area (TPSA) is 78.5 Å². The number of nitrogens with one attached hydrogen (secondary N) is 2. The normalized spacial score (nSPS) is 11.7. The largest absolute Gasteiger partial charge is 0.321 e. The van der Waals surface area contributed by atoms with E-state index in [9.17, 15) is 14.4 Å². The van der Waals surface area contributed by atoms with E-state index < -0.39 is 5.91 Å². The first-order valence-electron chi connectivity index (χ1n) is 16.7. The lowest BCUT2D eigenvalue weighted by molar-refractivity contribution is -0.117. The number of carbonyl (C=O) groups excluding carboxylic acids is 3. The minimum Gasteiger partial charge on any atom is -0.321 e. The van der Waals surface area contributed by atoms with Crippen molar-refractivity contribution in [3.05, 3.63) is 187 Å². The maximum atomic E-state index is 14.0. The molecule has 6 rings (SSSR count). The van der Waals surface area contributed by atoms with Crippen molar-refractivity contribution >= 4 is 52.6 Å². The zero-order valence-electron chi connectivity index (χ0n) is 28.1. The second-order valence-corrected chi connectivity index (χ2v) is 13.0. The first-order chi connectivity index (χ1) is 25.0. The van der Waals surface area contributed by atoms with E-state index in [1.54, 1.807) is 47.4 Å². The minimum atomic E-state index is -0.463. The van der Waals surface area contributed by atoms with Crippen LogP contribution in [0.5, 0.6) is 0 Å². The molecular weight excluding hydrogens is 651 g/mol. The molecule has 0 aromatic heterocycles. The van der Waals surface area contributed by atoms with Gasteiger partial charge in [-0.1, -0.05) is 116 Å². The number of hydrogen-bond donors (Lipinski definition) is 2. The van der Waals surface area contributed by atoms with Crippen molar-refractivity contribution in [2.45, 2.75) is 23.5 Å². The molecule has 0 fully saturated rings. The molecule has 7 heteroatoms. The number of anilines is 3. The molecule has 6 aromatic rings. The molecule has 0 heterocycles. The molecule has 0 spiro atoms. The number of para-hydroxylation sites is 2. The molecule has 2 N–H and O–H groups in total. The second kappa shape index (κ2) is 17.0. The summed E-state index contributed by atoms with van der Waals surface area (Å²) in [4.78, 5) is 43.5. The average Bonchev–Trinajstić information content (AvgIpc) is 3.19. The Morgan fingerprint density at radius 1 is 0.627 bits per heavy atom. The van der Waals surface area contributed by atoms with Crippen molar-refractivity contribution in [2.24, 2.45) is 0 Å². The van der Waals surface area contributed by atoms with Crippen LogP contribution >= 0.6 is 11.8 Å². The molecule has 1 unspecified atom stereocenters. The molecule has 0 aliphatic heterocycles. The predicted octanol–water partition coefficient (Wildman–Crippen LogP) is 10.00. The van der Waals surface area contributed by atoms with E-state index in [-0.39, 0.29) is 22.8 Å². The summed E-state index contributed by atoms with van der Waals surface area (Å²) in [6, 6.07) is 53.3. The van der Waals surface area contributed by atoms with Gasteiger partial charge in [0.1, 0.15) is 5.70 Å². The van der Waals surface area contributed by atoms with Gasteiger partial charge >= 0.3 is 0 Å². The van der Waals surface area contributed by atoms with Gasteiger partial charge in [0.05, 0.1) is 5.25 Å². The van der Waals surface area contributed by atoms with E-state index in [1.807, 2.05) is 140 Å². The summed E-state index contributed by atoms with van der Waals surface area (Å²) in [5.41, 5.74) is 5.61. The molecule has 0 bridgehead atoms. The fourth-order valence-electron chi connectivity index (χ4n) is 5.50. The SMILES string of the molecule is CCC(Sc1ccc(NC(=O)/C(=C/c2ccc(-c3ccccc3)cc2)NC(=O)c2ccccc2)cc1)C(=O)N(c1ccccc1)c1ccccc1. The number of thioether (sulfide) groups is 1. The third-order valence-corrected chi connectivity index (χ3v) is 9.51. The Bertz CT molecular complexity index is 2050. The molecule has 0 aliphatic carbocycles. The van der Waals surface area contributed by atoms with Crippen molar-refractivity contribution in [1.29, 1.82) is 0 Å². The number of amides is 3. The molecule has 51 heavy (non-hydrogen) atoms. The fraction of sp³-hybridized carbons (Fsp3) is 0.0682. The molecule has 6 nitrogen and oxygen atoms in total. The second-order valence-electron chi connectivity index (χ2n) is 11.7. The van der Waals surface area contributed by atoms with Crippen molar-refractivity contribution in [2.75, 3.05) is 10.2 Å². The number of nitrogens with zero attached hydrogens (tertiary/aromatic N) is 1. The molecule has 0 saturated heterocycles. The number of hydrogen-bond acceptors (Lipinski definition) is 4. The maximum Gasteiger partial charge on any atom is 0.272 e. The van der Waals surface area contributed by atoms with Crippen LogP contribution in [-0.4, -0.2) is 23.0 Å². The molecule has 6 aromatic carbocycles. The molecule has 252 valence electrons. The van der Waals surface area contributed by atoms with Crippen LogP contribution in [0.15, 0.2) is 180 Å². The predicted molar refractivity (Wildman–Crippen MR) is 209 cm³/mol. The molecule has 0 radical (unpaired) electrons. The Morgan fingerprint density at radius 3 is 1.69 bits per heavy atom. The molecular formula is C44H37N3O3S. The summed E-state index contributed by atoms with van der Waals surface area (Å²) in [5.74, 6) is -0.868. The molecule has 0 aliphatic rings. The minimum absolute atomic E-state index is 0.0157. The lowest BCUT2D eigenvalue weighted by Gasteiger charge is -2.27. The van der Waals surface area contributed by atoms with E-state index in [0.717, 1.165) is 33.0 Å². The Kier molecular flexibility index (Phi) is 11.5. The van der Waals surface area contributed by atoms with Gasteiger partial charge in [0.25, 0.3) is 11.8 Å². The number of benzene rings is 6. The van der Waals surface area contributed by atoms with Crippen LogP contribution in [0.3, 0.4) is 0 Å². The van der Waals surface area contributed by atoms with Gasteiger partial charge in [-0.3, -0.25) is 19.3 Å². The van der Waals surface area contributed by atoms with Crippen LogP contribution in [0.25, 0.3) is 17.2 Å². The summed E-state index contributed by atoms with van der Waals surface area (Å²) >= 11 is 1.48. The van der Waals surface area contributed by atoms with Crippen LogP contribution in [-0.2, 0) is 9.59 Å². The van der Waals surface area contributed by atoms with Crippen LogP contribution in [0.2, 0.25) is 0 Å². The van der Waals surface area contributed by atoms with Crippen molar-refractivity contribution in [3.63, 3.8) is 0 Å². The van der Waals surface area contributed by atoms with Crippen molar-refractivity contribution < 1.29 is 14.4 Å². The number of carbonyl (C=O) groups is 3. The van der Waals surface area contributed by atoms with Crippen LogP contribution in [0.1, 0.15) is 29.3 Å². The lowest BCUT2D eigenvalue weighted by Crippen LogP contribution is -2.34. The Morgan fingerprint density at radius 2 is 1.14 bits per heavy atom. The van der Waals surface area contributed by atoms with Gasteiger partial charge in [0, 0.05) is 27.5 Å². The zero-order valence-corrected chi connectivity index (χ0v) is 28.9. The Labute approximate surface area is 302 Å². The van der Waals surface area contributed by atoms with E-state index in [1.165, 1.54) is 11.8 Å². The third kappa shape index (κ3) is 9.09. The summed E-state index contributed by atoms with van der Waals surface area (Å²) in [5, 5.41) is 5.39.